The Morgan fingerprint density at radius 3 is 2.79 bits per heavy atom. The molecule has 0 saturated heterocycles. The largest absolute Gasteiger partial charge is 0.240 e. The van der Waals surface area contributed by atoms with Gasteiger partial charge >= 0.3 is 0 Å². The summed E-state index contributed by atoms with van der Waals surface area (Å²) in [5.41, 5.74) is 3.95. The van der Waals surface area contributed by atoms with Crippen molar-refractivity contribution >= 4 is 17.3 Å². The number of hydrogen-bond donors (Lipinski definition) is 0. The first-order chi connectivity index (χ1) is 6.69. The summed E-state index contributed by atoms with van der Waals surface area (Å²) in [6, 6.07) is 5.79. The molecule has 1 aromatic rings. The molecule has 0 aliphatic carbocycles. The van der Waals surface area contributed by atoms with Crippen LogP contribution in [0.5, 0.6) is 0 Å². The van der Waals surface area contributed by atoms with Crippen molar-refractivity contribution in [2.24, 2.45) is 4.99 Å². The van der Waals surface area contributed by atoms with Crippen LogP contribution in [0, 0.1) is 6.92 Å². The van der Waals surface area contributed by atoms with Gasteiger partial charge in [-0.05, 0) is 38.5 Å². The van der Waals surface area contributed by atoms with Gasteiger partial charge in [-0.1, -0.05) is 17.7 Å². The second kappa shape index (κ2) is 4.54. The van der Waals surface area contributed by atoms with Gasteiger partial charge in [0.1, 0.15) is 0 Å². The quantitative estimate of drug-likeness (QED) is 0.515. The van der Waals surface area contributed by atoms with E-state index >= 15 is 0 Å². The van der Waals surface area contributed by atoms with E-state index in [0.29, 0.717) is 5.69 Å². The average Bonchev–Trinajstić information content (AvgIpc) is 2.20. The second-order valence-corrected chi connectivity index (χ2v) is 3.20. The number of isocyanates is 1. The molecule has 0 aliphatic rings. The number of hydrogen-bond acceptors (Lipinski definition) is 2. The summed E-state index contributed by atoms with van der Waals surface area (Å²) in [6.07, 6.45) is 3.57. The zero-order valence-corrected chi connectivity index (χ0v) is 8.66. The summed E-state index contributed by atoms with van der Waals surface area (Å²) < 4.78 is 0. The summed E-state index contributed by atoms with van der Waals surface area (Å²) in [6.45, 7) is 5.98. The van der Waals surface area contributed by atoms with Crippen molar-refractivity contribution in [3.63, 3.8) is 0 Å². The number of nitrogens with zero attached hydrogens (tertiary/aromatic N) is 1. The summed E-state index contributed by atoms with van der Waals surface area (Å²) in [5.74, 6) is 0. The smallest absolute Gasteiger partial charge is 0.211 e. The summed E-state index contributed by atoms with van der Waals surface area (Å²) in [5, 5.41) is 0. The van der Waals surface area contributed by atoms with Crippen LogP contribution in [-0.4, -0.2) is 6.08 Å². The van der Waals surface area contributed by atoms with Crippen LogP contribution in [-0.2, 0) is 4.79 Å². The van der Waals surface area contributed by atoms with E-state index in [1.165, 1.54) is 0 Å². The van der Waals surface area contributed by atoms with E-state index in [4.69, 9.17) is 0 Å². The zero-order valence-electron chi connectivity index (χ0n) is 8.66. The van der Waals surface area contributed by atoms with Gasteiger partial charge in [-0.25, -0.2) is 4.79 Å². The SMILES string of the molecule is C/C=C(\C)c1cc(C)ccc1N=C=O. The number of carbonyl (C=O) groups excluding carboxylic acids is 1. The van der Waals surface area contributed by atoms with Gasteiger partial charge < -0.3 is 0 Å². The summed E-state index contributed by atoms with van der Waals surface area (Å²) in [4.78, 5) is 13.9. The minimum Gasteiger partial charge on any atom is -0.211 e. The van der Waals surface area contributed by atoms with Crippen molar-refractivity contribution in [1.82, 2.24) is 0 Å². The maximum absolute atomic E-state index is 10.2. The molecule has 1 aromatic carbocycles. The molecule has 0 radical (unpaired) electrons. The Morgan fingerprint density at radius 2 is 2.21 bits per heavy atom. The highest BCUT2D eigenvalue weighted by Gasteiger charge is 2.02. The van der Waals surface area contributed by atoms with Crippen molar-refractivity contribution in [2.45, 2.75) is 20.8 Å². The molecule has 2 heteroatoms. The molecule has 0 heterocycles. The Balaban J connectivity index is 3.36. The topological polar surface area (TPSA) is 29.4 Å². The molecule has 14 heavy (non-hydrogen) atoms. The fourth-order valence-electron chi connectivity index (χ4n) is 1.27. The molecule has 0 aromatic heterocycles. The van der Waals surface area contributed by atoms with Crippen LogP contribution < -0.4 is 0 Å². The number of aliphatic imine (C=N–C) groups is 1. The summed E-state index contributed by atoms with van der Waals surface area (Å²) >= 11 is 0. The Morgan fingerprint density at radius 1 is 1.50 bits per heavy atom. The van der Waals surface area contributed by atoms with Gasteiger partial charge in [-0.15, -0.1) is 0 Å². The Kier molecular flexibility index (Phi) is 3.38. The van der Waals surface area contributed by atoms with Gasteiger partial charge in [0.05, 0.1) is 5.69 Å². The number of benzene rings is 1. The molecule has 0 saturated carbocycles. The molecule has 0 atom stereocenters. The summed E-state index contributed by atoms with van der Waals surface area (Å²) in [7, 11) is 0. The van der Waals surface area contributed by atoms with E-state index in [-0.39, 0.29) is 0 Å². The van der Waals surface area contributed by atoms with E-state index in [2.05, 4.69) is 4.99 Å². The fourth-order valence-corrected chi connectivity index (χ4v) is 1.27. The van der Waals surface area contributed by atoms with Crippen molar-refractivity contribution in [2.75, 3.05) is 0 Å². The van der Waals surface area contributed by atoms with Gasteiger partial charge in [0.25, 0.3) is 0 Å². The van der Waals surface area contributed by atoms with Crippen LogP contribution >= 0.6 is 0 Å². The molecule has 0 unspecified atom stereocenters. The van der Waals surface area contributed by atoms with Gasteiger partial charge in [0, 0.05) is 5.56 Å². The highest BCUT2D eigenvalue weighted by atomic mass is 16.1. The maximum Gasteiger partial charge on any atom is 0.240 e. The molecular formula is C12H13NO. The highest BCUT2D eigenvalue weighted by molar-refractivity contribution is 5.75. The van der Waals surface area contributed by atoms with Crippen LogP contribution in [0.3, 0.4) is 0 Å². The molecule has 1 rings (SSSR count). The number of aryl methyl sites for hydroxylation is 1. The fraction of sp³-hybridized carbons (Fsp3) is 0.250. The lowest BCUT2D eigenvalue weighted by Crippen LogP contribution is -1.82. The van der Waals surface area contributed by atoms with Crippen molar-refractivity contribution in [3.05, 3.63) is 35.4 Å². The van der Waals surface area contributed by atoms with Gasteiger partial charge in [-0.3, -0.25) is 0 Å². The standard InChI is InChI=1S/C12H13NO/c1-4-10(3)11-7-9(2)5-6-12(11)13-8-14/h4-7H,1-3H3/b10-4+. The van der Waals surface area contributed by atoms with Gasteiger partial charge in [0.15, 0.2) is 0 Å². The maximum atomic E-state index is 10.2. The lowest BCUT2D eigenvalue weighted by molar-refractivity contribution is 0.565. The molecule has 0 aliphatic heterocycles. The normalized spacial score (nSPS) is 10.9. The molecule has 0 spiro atoms. The molecule has 0 bridgehead atoms. The Bertz CT molecular complexity index is 412. The van der Waals surface area contributed by atoms with Gasteiger partial charge in [0.2, 0.25) is 6.08 Å². The molecule has 0 amide bonds. The third kappa shape index (κ3) is 2.18. The van der Waals surface area contributed by atoms with Crippen molar-refractivity contribution in [3.8, 4) is 0 Å². The third-order valence-corrected chi connectivity index (χ3v) is 2.18. The predicted molar refractivity (Wildman–Crippen MR) is 58.3 cm³/mol. The monoisotopic (exact) mass is 187 g/mol. The van der Waals surface area contributed by atoms with Crippen LogP contribution in [0.15, 0.2) is 29.3 Å². The molecule has 0 N–H and O–H groups in total. The van der Waals surface area contributed by atoms with E-state index in [1.807, 2.05) is 45.0 Å². The van der Waals surface area contributed by atoms with E-state index in [9.17, 15) is 4.79 Å². The van der Waals surface area contributed by atoms with E-state index < -0.39 is 0 Å². The first-order valence-corrected chi connectivity index (χ1v) is 4.51. The van der Waals surface area contributed by atoms with Crippen LogP contribution in [0.1, 0.15) is 25.0 Å². The van der Waals surface area contributed by atoms with Crippen molar-refractivity contribution in [1.29, 1.82) is 0 Å². The minimum absolute atomic E-state index is 0.682. The lowest BCUT2D eigenvalue weighted by atomic mass is 10.0. The van der Waals surface area contributed by atoms with Crippen LogP contribution in [0.2, 0.25) is 0 Å². The zero-order chi connectivity index (χ0) is 10.6. The van der Waals surface area contributed by atoms with E-state index in [0.717, 1.165) is 16.7 Å². The molecular weight excluding hydrogens is 174 g/mol. The predicted octanol–water partition coefficient (Wildman–Crippen LogP) is 3.39. The third-order valence-electron chi connectivity index (χ3n) is 2.18. The minimum atomic E-state index is 0.682. The van der Waals surface area contributed by atoms with E-state index in [1.54, 1.807) is 6.08 Å². The number of allylic oxidation sites excluding steroid dienone is 2. The molecule has 0 fully saturated rings. The van der Waals surface area contributed by atoms with Crippen LogP contribution in [0.4, 0.5) is 5.69 Å². The first kappa shape index (κ1) is 10.4. The Labute approximate surface area is 84.0 Å². The van der Waals surface area contributed by atoms with Crippen molar-refractivity contribution < 1.29 is 4.79 Å². The highest BCUT2D eigenvalue weighted by Crippen LogP contribution is 2.26. The first-order valence-electron chi connectivity index (χ1n) is 4.51. The van der Waals surface area contributed by atoms with Gasteiger partial charge in [-0.2, -0.15) is 4.99 Å². The Hall–Kier alpha value is -1.66. The van der Waals surface area contributed by atoms with Crippen LogP contribution in [0.25, 0.3) is 5.57 Å². The number of rotatable bonds is 2. The molecule has 72 valence electrons. The second-order valence-electron chi connectivity index (χ2n) is 3.20. The average molecular weight is 187 g/mol. The lowest BCUT2D eigenvalue weighted by Gasteiger charge is -2.05. The molecule has 2 nitrogen and oxygen atoms in total.